The Kier molecular flexibility index (Phi) is 4.00. The number of methoxy groups -OCH3 is 1. The molecule has 6 heteroatoms. The standard InChI is InChI=1S/C10H10BrNO4/c1-6-7(4-10(13)16-2)3-8(11)5-9(6)12(14)15/h3,5H,4H2,1-2H3. The molecule has 0 aliphatic carbocycles. The summed E-state index contributed by atoms with van der Waals surface area (Å²) in [5.41, 5.74) is 1.07. The van der Waals surface area contributed by atoms with Crippen molar-refractivity contribution in [3.63, 3.8) is 0 Å². The van der Waals surface area contributed by atoms with Crippen molar-refractivity contribution in [3.05, 3.63) is 37.8 Å². The maximum Gasteiger partial charge on any atom is 0.309 e. The number of hydrogen-bond acceptors (Lipinski definition) is 4. The SMILES string of the molecule is COC(=O)Cc1cc(Br)cc([N+](=O)[O-])c1C. The van der Waals surface area contributed by atoms with E-state index in [4.69, 9.17) is 0 Å². The molecule has 0 amide bonds. The molecule has 0 aliphatic heterocycles. The minimum atomic E-state index is -0.471. The van der Waals surface area contributed by atoms with Crippen molar-refractivity contribution in [2.75, 3.05) is 7.11 Å². The smallest absolute Gasteiger partial charge is 0.309 e. The van der Waals surface area contributed by atoms with E-state index in [0.717, 1.165) is 0 Å². The molecule has 1 rings (SSSR count). The summed E-state index contributed by atoms with van der Waals surface area (Å²) in [5.74, 6) is -0.421. The van der Waals surface area contributed by atoms with Crippen LogP contribution >= 0.6 is 15.9 Å². The van der Waals surface area contributed by atoms with E-state index in [2.05, 4.69) is 20.7 Å². The third-order valence-electron chi connectivity index (χ3n) is 2.21. The number of carbonyl (C=O) groups excluding carboxylic acids is 1. The first-order chi connectivity index (χ1) is 7.45. The van der Waals surface area contributed by atoms with E-state index in [1.165, 1.54) is 13.2 Å². The third kappa shape index (κ3) is 2.79. The lowest BCUT2D eigenvalue weighted by molar-refractivity contribution is -0.385. The Morgan fingerprint density at radius 3 is 2.69 bits per heavy atom. The van der Waals surface area contributed by atoms with E-state index in [0.29, 0.717) is 15.6 Å². The molecule has 0 atom stereocenters. The van der Waals surface area contributed by atoms with Gasteiger partial charge in [-0.15, -0.1) is 0 Å². The highest BCUT2D eigenvalue weighted by molar-refractivity contribution is 9.10. The van der Waals surface area contributed by atoms with Crippen LogP contribution in [-0.2, 0) is 16.0 Å². The van der Waals surface area contributed by atoms with E-state index >= 15 is 0 Å². The van der Waals surface area contributed by atoms with Crippen molar-refractivity contribution in [1.82, 2.24) is 0 Å². The van der Waals surface area contributed by atoms with Gasteiger partial charge >= 0.3 is 5.97 Å². The van der Waals surface area contributed by atoms with Crippen LogP contribution in [0.2, 0.25) is 0 Å². The minimum Gasteiger partial charge on any atom is -0.469 e. The Hall–Kier alpha value is -1.43. The molecular weight excluding hydrogens is 278 g/mol. The summed E-state index contributed by atoms with van der Waals surface area (Å²) >= 11 is 3.17. The molecule has 1 aromatic carbocycles. The highest BCUT2D eigenvalue weighted by Gasteiger charge is 2.17. The average Bonchev–Trinajstić information content (AvgIpc) is 2.22. The van der Waals surface area contributed by atoms with Gasteiger partial charge < -0.3 is 4.74 Å². The van der Waals surface area contributed by atoms with Gasteiger partial charge in [-0.3, -0.25) is 14.9 Å². The lowest BCUT2D eigenvalue weighted by Gasteiger charge is -2.06. The van der Waals surface area contributed by atoms with Crippen molar-refractivity contribution in [2.45, 2.75) is 13.3 Å². The fourth-order valence-electron chi connectivity index (χ4n) is 1.32. The summed E-state index contributed by atoms with van der Waals surface area (Å²) in [4.78, 5) is 21.4. The third-order valence-corrected chi connectivity index (χ3v) is 2.67. The molecule has 0 bridgehead atoms. The van der Waals surface area contributed by atoms with Crippen molar-refractivity contribution in [2.24, 2.45) is 0 Å². The Bertz CT molecular complexity index is 445. The first kappa shape index (κ1) is 12.6. The number of hydrogen-bond donors (Lipinski definition) is 0. The predicted molar refractivity (Wildman–Crippen MR) is 61.3 cm³/mol. The average molecular weight is 288 g/mol. The van der Waals surface area contributed by atoms with Crippen LogP contribution in [0.1, 0.15) is 11.1 Å². The zero-order chi connectivity index (χ0) is 12.3. The van der Waals surface area contributed by atoms with Crippen LogP contribution in [-0.4, -0.2) is 18.0 Å². The summed E-state index contributed by atoms with van der Waals surface area (Å²) in [6.45, 7) is 1.61. The van der Waals surface area contributed by atoms with Crippen LogP contribution in [0.4, 0.5) is 5.69 Å². The fourth-order valence-corrected chi connectivity index (χ4v) is 1.81. The number of carbonyl (C=O) groups is 1. The zero-order valence-electron chi connectivity index (χ0n) is 8.82. The molecule has 0 fully saturated rings. The Morgan fingerprint density at radius 1 is 1.56 bits per heavy atom. The first-order valence-corrected chi connectivity index (χ1v) is 5.25. The molecule has 0 saturated heterocycles. The van der Waals surface area contributed by atoms with Gasteiger partial charge in [-0.25, -0.2) is 0 Å². The molecule has 16 heavy (non-hydrogen) atoms. The number of halogens is 1. The number of rotatable bonds is 3. The largest absolute Gasteiger partial charge is 0.469 e. The number of nitro groups is 1. The van der Waals surface area contributed by atoms with E-state index in [1.807, 2.05) is 0 Å². The first-order valence-electron chi connectivity index (χ1n) is 4.46. The van der Waals surface area contributed by atoms with Gasteiger partial charge in [-0.1, -0.05) is 15.9 Å². The van der Waals surface area contributed by atoms with Crippen LogP contribution in [0, 0.1) is 17.0 Å². The fraction of sp³-hybridized carbons (Fsp3) is 0.300. The van der Waals surface area contributed by atoms with Gasteiger partial charge in [0.05, 0.1) is 18.5 Å². The molecule has 0 spiro atoms. The van der Waals surface area contributed by atoms with E-state index in [9.17, 15) is 14.9 Å². The summed E-state index contributed by atoms with van der Waals surface area (Å²) < 4.78 is 5.10. The second-order valence-electron chi connectivity index (χ2n) is 3.22. The lowest BCUT2D eigenvalue weighted by Crippen LogP contribution is -2.07. The van der Waals surface area contributed by atoms with Crippen LogP contribution in [0.5, 0.6) is 0 Å². The zero-order valence-corrected chi connectivity index (χ0v) is 10.4. The van der Waals surface area contributed by atoms with Crippen molar-refractivity contribution >= 4 is 27.6 Å². The van der Waals surface area contributed by atoms with Gasteiger partial charge in [0.15, 0.2) is 0 Å². The quantitative estimate of drug-likeness (QED) is 0.486. The van der Waals surface area contributed by atoms with E-state index in [1.54, 1.807) is 13.0 Å². The second-order valence-corrected chi connectivity index (χ2v) is 4.13. The van der Waals surface area contributed by atoms with E-state index in [-0.39, 0.29) is 12.1 Å². The van der Waals surface area contributed by atoms with E-state index < -0.39 is 10.9 Å². The highest BCUT2D eigenvalue weighted by atomic mass is 79.9. The maximum absolute atomic E-state index is 11.1. The Balaban J connectivity index is 3.19. The van der Waals surface area contributed by atoms with Crippen LogP contribution in [0.25, 0.3) is 0 Å². The molecule has 1 aromatic rings. The van der Waals surface area contributed by atoms with Crippen molar-refractivity contribution in [3.8, 4) is 0 Å². The van der Waals surface area contributed by atoms with Crippen molar-refractivity contribution in [1.29, 1.82) is 0 Å². The van der Waals surface area contributed by atoms with Gasteiger partial charge in [0.1, 0.15) is 0 Å². The molecule has 5 nitrogen and oxygen atoms in total. The number of nitrogens with zero attached hydrogens (tertiary/aromatic N) is 1. The van der Waals surface area contributed by atoms with Crippen LogP contribution in [0.15, 0.2) is 16.6 Å². The summed E-state index contributed by atoms with van der Waals surface area (Å²) in [7, 11) is 1.28. The summed E-state index contributed by atoms with van der Waals surface area (Å²) in [6.07, 6.45) is 0.0304. The number of esters is 1. The molecule has 0 N–H and O–H groups in total. The van der Waals surface area contributed by atoms with Gasteiger partial charge in [-0.2, -0.15) is 0 Å². The monoisotopic (exact) mass is 287 g/mol. The maximum atomic E-state index is 11.1. The van der Waals surface area contributed by atoms with Crippen LogP contribution in [0.3, 0.4) is 0 Å². The lowest BCUT2D eigenvalue weighted by atomic mass is 10.0. The molecule has 0 aliphatic rings. The topological polar surface area (TPSA) is 69.4 Å². The summed E-state index contributed by atoms with van der Waals surface area (Å²) in [5, 5.41) is 10.8. The molecule has 0 unspecified atom stereocenters. The van der Waals surface area contributed by atoms with Gasteiger partial charge in [0.25, 0.3) is 5.69 Å². The number of benzene rings is 1. The molecule has 0 radical (unpaired) electrons. The highest BCUT2D eigenvalue weighted by Crippen LogP contribution is 2.27. The molecule has 0 saturated carbocycles. The summed E-state index contributed by atoms with van der Waals surface area (Å²) in [6, 6.07) is 3.09. The Morgan fingerprint density at radius 2 is 2.19 bits per heavy atom. The molecule has 0 aromatic heterocycles. The van der Waals surface area contributed by atoms with Crippen LogP contribution < -0.4 is 0 Å². The second kappa shape index (κ2) is 5.07. The Labute approximate surface area is 101 Å². The molecule has 0 heterocycles. The number of ether oxygens (including phenoxy) is 1. The van der Waals surface area contributed by atoms with Gasteiger partial charge in [0, 0.05) is 16.1 Å². The van der Waals surface area contributed by atoms with Crippen molar-refractivity contribution < 1.29 is 14.5 Å². The van der Waals surface area contributed by atoms with Gasteiger partial charge in [-0.05, 0) is 18.6 Å². The normalized spacial score (nSPS) is 9.94. The molecular formula is C10H10BrNO4. The predicted octanol–water partition coefficient (Wildman–Crippen LogP) is 2.38. The number of nitro benzene ring substituents is 1. The molecule has 86 valence electrons. The van der Waals surface area contributed by atoms with Gasteiger partial charge in [0.2, 0.25) is 0 Å². The minimum absolute atomic E-state index is 0.00622.